The SMILES string of the molecule is Cl.N#Cc1ccc(Br)cc1.N=C(N)c1ccc(Br)cc1. The van der Waals surface area contributed by atoms with Crippen LogP contribution in [-0.2, 0) is 0 Å². The highest BCUT2D eigenvalue weighted by molar-refractivity contribution is 9.10. The normalized spacial score (nSPS) is 8.45. The zero-order valence-corrected chi connectivity index (χ0v) is 14.3. The molecule has 0 fully saturated rings. The predicted molar refractivity (Wildman–Crippen MR) is 91.3 cm³/mol. The van der Waals surface area contributed by atoms with Crippen molar-refractivity contribution >= 4 is 50.1 Å². The highest BCUT2D eigenvalue weighted by Gasteiger charge is 1.92. The van der Waals surface area contributed by atoms with Gasteiger partial charge in [-0.25, -0.2) is 0 Å². The summed E-state index contributed by atoms with van der Waals surface area (Å²) in [5.41, 5.74) is 6.68. The van der Waals surface area contributed by atoms with Crippen LogP contribution in [0.4, 0.5) is 0 Å². The number of hydrogen-bond donors (Lipinski definition) is 2. The summed E-state index contributed by atoms with van der Waals surface area (Å²) in [6.45, 7) is 0. The Morgan fingerprint density at radius 2 is 1.35 bits per heavy atom. The molecule has 0 heterocycles. The molecule has 0 aliphatic rings. The number of nitrogen functional groups attached to an aromatic ring is 1. The molecule has 3 N–H and O–H groups in total. The summed E-state index contributed by atoms with van der Waals surface area (Å²) in [6.07, 6.45) is 0. The maximum Gasteiger partial charge on any atom is 0.122 e. The smallest absolute Gasteiger partial charge is 0.122 e. The average Bonchev–Trinajstić information content (AvgIpc) is 2.41. The second-order valence-electron chi connectivity index (χ2n) is 3.54. The van der Waals surface area contributed by atoms with Crippen LogP contribution in [0.15, 0.2) is 57.5 Å². The largest absolute Gasteiger partial charge is 0.384 e. The number of nitriles is 1. The first kappa shape index (κ1) is 18.7. The fourth-order valence-corrected chi connectivity index (χ4v) is 1.68. The average molecular weight is 418 g/mol. The molecule has 0 radical (unpaired) electrons. The lowest BCUT2D eigenvalue weighted by Gasteiger charge is -1.95. The van der Waals surface area contributed by atoms with Crippen molar-refractivity contribution in [2.45, 2.75) is 0 Å². The van der Waals surface area contributed by atoms with E-state index in [0.717, 1.165) is 14.5 Å². The molecule has 0 atom stereocenters. The van der Waals surface area contributed by atoms with Crippen molar-refractivity contribution in [3.63, 3.8) is 0 Å². The molecule has 0 aromatic heterocycles. The van der Waals surface area contributed by atoms with E-state index in [2.05, 4.69) is 31.9 Å². The van der Waals surface area contributed by atoms with Gasteiger partial charge in [-0.05, 0) is 36.4 Å². The van der Waals surface area contributed by atoms with E-state index >= 15 is 0 Å². The van der Waals surface area contributed by atoms with Gasteiger partial charge in [-0.15, -0.1) is 12.4 Å². The van der Waals surface area contributed by atoms with E-state index in [9.17, 15) is 0 Å². The Balaban J connectivity index is 0.000000345. The minimum atomic E-state index is 0. The highest BCUT2D eigenvalue weighted by Crippen LogP contribution is 2.10. The van der Waals surface area contributed by atoms with Crippen molar-refractivity contribution in [2.75, 3.05) is 0 Å². The lowest BCUT2D eigenvalue weighted by atomic mass is 10.2. The summed E-state index contributed by atoms with van der Waals surface area (Å²) in [7, 11) is 0. The van der Waals surface area contributed by atoms with Gasteiger partial charge in [-0.1, -0.05) is 44.0 Å². The summed E-state index contributed by atoms with van der Waals surface area (Å²) in [5, 5.41) is 15.4. The van der Waals surface area contributed by atoms with Crippen LogP contribution in [0.5, 0.6) is 0 Å². The van der Waals surface area contributed by atoms with Gasteiger partial charge in [0.05, 0.1) is 11.6 Å². The molecule has 0 unspecified atom stereocenters. The summed E-state index contributed by atoms with van der Waals surface area (Å²) in [5.74, 6) is 0.104. The van der Waals surface area contributed by atoms with Crippen LogP contribution >= 0.6 is 44.3 Å². The number of halogens is 3. The summed E-state index contributed by atoms with van der Waals surface area (Å²) < 4.78 is 2.00. The third kappa shape index (κ3) is 6.71. The van der Waals surface area contributed by atoms with Crippen LogP contribution in [0.3, 0.4) is 0 Å². The van der Waals surface area contributed by atoms with Crippen molar-refractivity contribution in [3.05, 3.63) is 68.6 Å². The minimum Gasteiger partial charge on any atom is -0.384 e. The zero-order chi connectivity index (χ0) is 14.3. The Labute approximate surface area is 141 Å². The molecule has 0 amide bonds. The Hall–Kier alpha value is -1.35. The summed E-state index contributed by atoms with van der Waals surface area (Å²) in [6, 6.07) is 16.6. The molecule has 0 aliphatic heterocycles. The highest BCUT2D eigenvalue weighted by atomic mass is 79.9. The van der Waals surface area contributed by atoms with Crippen molar-refractivity contribution in [3.8, 4) is 6.07 Å². The standard InChI is InChI=1S/C7H7BrN2.C7H4BrN.ClH/c8-6-3-1-5(2-4-6)7(9)10;8-7-3-1-6(5-9)2-4-7;/h1-4H,(H3,9,10);1-4H;1H. The van der Waals surface area contributed by atoms with E-state index in [1.165, 1.54) is 0 Å². The number of amidine groups is 1. The molecule has 0 spiro atoms. The molecular formula is C14H12Br2ClN3. The second-order valence-corrected chi connectivity index (χ2v) is 5.37. The molecule has 104 valence electrons. The molecule has 0 bridgehead atoms. The van der Waals surface area contributed by atoms with Gasteiger partial charge >= 0.3 is 0 Å². The molecule has 20 heavy (non-hydrogen) atoms. The Morgan fingerprint density at radius 1 is 0.950 bits per heavy atom. The van der Waals surface area contributed by atoms with Crippen molar-refractivity contribution in [2.24, 2.45) is 5.73 Å². The number of hydrogen-bond acceptors (Lipinski definition) is 2. The first-order chi connectivity index (χ1) is 9.02. The third-order valence-electron chi connectivity index (χ3n) is 2.13. The van der Waals surface area contributed by atoms with Crippen LogP contribution < -0.4 is 5.73 Å². The fraction of sp³-hybridized carbons (Fsp3) is 0. The predicted octanol–water partition coefficient (Wildman–Crippen LogP) is 4.48. The molecule has 3 nitrogen and oxygen atoms in total. The second kappa shape index (κ2) is 9.54. The summed E-state index contributed by atoms with van der Waals surface area (Å²) in [4.78, 5) is 0. The van der Waals surface area contributed by atoms with E-state index in [0.29, 0.717) is 5.56 Å². The molecule has 0 aliphatic carbocycles. The van der Waals surface area contributed by atoms with Gasteiger partial charge in [-0.3, -0.25) is 5.41 Å². The van der Waals surface area contributed by atoms with Crippen LogP contribution in [0, 0.1) is 16.7 Å². The Kier molecular flexibility index (Phi) is 8.89. The number of nitrogens with zero attached hydrogens (tertiary/aromatic N) is 1. The molecule has 0 saturated heterocycles. The Morgan fingerprint density at radius 3 is 1.70 bits per heavy atom. The molecule has 2 aromatic carbocycles. The van der Waals surface area contributed by atoms with Gasteiger partial charge in [0.2, 0.25) is 0 Å². The van der Waals surface area contributed by atoms with Gasteiger partial charge in [0, 0.05) is 14.5 Å². The van der Waals surface area contributed by atoms with Crippen molar-refractivity contribution < 1.29 is 0 Å². The van der Waals surface area contributed by atoms with Gasteiger partial charge < -0.3 is 5.73 Å². The number of nitrogens with one attached hydrogen (secondary N) is 1. The number of benzene rings is 2. The van der Waals surface area contributed by atoms with E-state index in [4.69, 9.17) is 16.4 Å². The first-order valence-corrected chi connectivity index (χ1v) is 6.87. The van der Waals surface area contributed by atoms with Crippen LogP contribution in [0.2, 0.25) is 0 Å². The van der Waals surface area contributed by atoms with E-state index in [1.807, 2.05) is 30.3 Å². The van der Waals surface area contributed by atoms with Crippen LogP contribution in [-0.4, -0.2) is 5.84 Å². The zero-order valence-electron chi connectivity index (χ0n) is 10.3. The summed E-state index contributed by atoms with van der Waals surface area (Å²) >= 11 is 6.55. The monoisotopic (exact) mass is 415 g/mol. The first-order valence-electron chi connectivity index (χ1n) is 5.28. The van der Waals surface area contributed by atoms with Crippen LogP contribution in [0.1, 0.15) is 11.1 Å². The molecular weight excluding hydrogens is 405 g/mol. The van der Waals surface area contributed by atoms with E-state index in [-0.39, 0.29) is 18.2 Å². The third-order valence-corrected chi connectivity index (χ3v) is 3.19. The molecule has 2 aromatic rings. The van der Waals surface area contributed by atoms with E-state index in [1.54, 1.807) is 24.3 Å². The quantitative estimate of drug-likeness (QED) is 0.530. The fourth-order valence-electron chi connectivity index (χ4n) is 1.15. The molecule has 0 saturated carbocycles. The Bertz CT molecular complexity index is 589. The molecule has 6 heteroatoms. The van der Waals surface area contributed by atoms with E-state index < -0.39 is 0 Å². The van der Waals surface area contributed by atoms with Gasteiger partial charge in [0.1, 0.15) is 5.84 Å². The number of rotatable bonds is 1. The van der Waals surface area contributed by atoms with Crippen molar-refractivity contribution in [1.29, 1.82) is 10.7 Å². The minimum absolute atomic E-state index is 0. The lowest BCUT2D eigenvalue weighted by Crippen LogP contribution is -2.10. The molecule has 2 rings (SSSR count). The van der Waals surface area contributed by atoms with Gasteiger partial charge in [-0.2, -0.15) is 5.26 Å². The van der Waals surface area contributed by atoms with Crippen LogP contribution in [0.25, 0.3) is 0 Å². The maximum absolute atomic E-state index is 8.36. The van der Waals surface area contributed by atoms with Crippen molar-refractivity contribution in [1.82, 2.24) is 0 Å². The van der Waals surface area contributed by atoms with Gasteiger partial charge in [0.15, 0.2) is 0 Å². The maximum atomic E-state index is 8.36. The number of nitrogens with two attached hydrogens (primary N) is 1. The topological polar surface area (TPSA) is 73.7 Å². The van der Waals surface area contributed by atoms with Gasteiger partial charge in [0.25, 0.3) is 0 Å². The lowest BCUT2D eigenvalue weighted by molar-refractivity contribution is 1.42.